The quantitative estimate of drug-likeness (QED) is 0.554. The molecule has 28 heavy (non-hydrogen) atoms. The number of nitrogens with zero attached hydrogens (tertiary/aromatic N) is 6. The maximum atomic E-state index is 5.41. The lowest BCUT2D eigenvalue weighted by Gasteiger charge is -2.19. The fourth-order valence-corrected chi connectivity index (χ4v) is 3.17. The highest BCUT2D eigenvalue weighted by molar-refractivity contribution is 5.90. The van der Waals surface area contributed by atoms with Crippen molar-refractivity contribution < 1.29 is 4.74 Å². The number of pyridine rings is 2. The molecule has 0 aliphatic heterocycles. The molecule has 0 aromatic carbocycles. The van der Waals surface area contributed by atoms with Gasteiger partial charge in [0.05, 0.1) is 29.4 Å². The average molecular weight is 375 g/mol. The molecule has 8 heteroatoms. The van der Waals surface area contributed by atoms with Crippen LogP contribution in [-0.4, -0.2) is 43.4 Å². The van der Waals surface area contributed by atoms with Gasteiger partial charge in [-0.3, -0.25) is 14.6 Å². The van der Waals surface area contributed by atoms with Crippen molar-refractivity contribution in [2.24, 2.45) is 7.05 Å². The van der Waals surface area contributed by atoms with Crippen LogP contribution in [0.1, 0.15) is 17.4 Å². The van der Waals surface area contributed by atoms with E-state index in [1.807, 2.05) is 50.4 Å². The van der Waals surface area contributed by atoms with Crippen molar-refractivity contribution in [1.82, 2.24) is 29.7 Å². The second kappa shape index (κ2) is 7.69. The van der Waals surface area contributed by atoms with Gasteiger partial charge in [0.2, 0.25) is 0 Å². The lowest BCUT2D eigenvalue weighted by Crippen LogP contribution is -2.19. The fourth-order valence-electron chi connectivity index (χ4n) is 3.17. The predicted molar refractivity (Wildman–Crippen MR) is 107 cm³/mol. The van der Waals surface area contributed by atoms with Crippen molar-refractivity contribution in [2.75, 3.05) is 19.0 Å². The van der Waals surface area contributed by atoms with E-state index < -0.39 is 0 Å². The van der Waals surface area contributed by atoms with Crippen molar-refractivity contribution in [2.45, 2.75) is 13.0 Å². The van der Waals surface area contributed by atoms with Gasteiger partial charge in [-0.05, 0) is 31.2 Å². The van der Waals surface area contributed by atoms with E-state index in [4.69, 9.17) is 14.7 Å². The minimum absolute atomic E-state index is 0.166. The first-order valence-electron chi connectivity index (χ1n) is 8.96. The number of aryl methyl sites for hydroxylation is 2. The normalized spacial score (nSPS) is 12.2. The molecule has 4 aromatic heterocycles. The Hall–Kier alpha value is -3.39. The molecule has 1 N–H and O–H groups in total. The number of rotatable bonds is 6. The first-order chi connectivity index (χ1) is 13.7. The molecule has 0 bridgehead atoms. The second-order valence-electron chi connectivity index (χ2n) is 6.43. The number of aromatic nitrogens is 6. The third kappa shape index (κ3) is 3.41. The monoisotopic (exact) mass is 375 g/mol. The topological polar surface area (TPSA) is 90.6 Å². The van der Waals surface area contributed by atoms with Gasteiger partial charge in [0, 0.05) is 26.6 Å². The second-order valence-corrected chi connectivity index (χ2v) is 6.43. The summed E-state index contributed by atoms with van der Waals surface area (Å²) in [6, 6.07) is 11.3. The van der Waals surface area contributed by atoms with Crippen LogP contribution in [0.2, 0.25) is 0 Å². The van der Waals surface area contributed by atoms with Gasteiger partial charge in [0.1, 0.15) is 11.5 Å². The SMILES string of the molecule is COCC(Nc1nc(-c2ccccn2)nc2c1c(C)nn2C)c1ccccn1. The summed E-state index contributed by atoms with van der Waals surface area (Å²) in [6.45, 7) is 2.39. The van der Waals surface area contributed by atoms with E-state index in [1.54, 1.807) is 24.2 Å². The third-order valence-corrected chi connectivity index (χ3v) is 4.44. The number of anilines is 1. The summed E-state index contributed by atoms with van der Waals surface area (Å²) in [5.74, 6) is 1.22. The zero-order valence-corrected chi connectivity index (χ0v) is 16.0. The van der Waals surface area contributed by atoms with Gasteiger partial charge >= 0.3 is 0 Å². The Balaban J connectivity index is 1.84. The molecule has 4 aromatic rings. The molecule has 0 amide bonds. The molecular weight excluding hydrogens is 354 g/mol. The number of fused-ring (bicyclic) bond motifs is 1. The zero-order chi connectivity index (χ0) is 19.5. The summed E-state index contributed by atoms with van der Waals surface area (Å²) in [6.07, 6.45) is 3.50. The van der Waals surface area contributed by atoms with Crippen LogP contribution in [0, 0.1) is 6.92 Å². The molecule has 0 saturated heterocycles. The average Bonchev–Trinajstić information content (AvgIpc) is 3.03. The molecule has 8 nitrogen and oxygen atoms in total. The van der Waals surface area contributed by atoms with Crippen LogP contribution >= 0.6 is 0 Å². The minimum atomic E-state index is -0.166. The van der Waals surface area contributed by atoms with Crippen molar-refractivity contribution in [3.05, 3.63) is 60.2 Å². The van der Waals surface area contributed by atoms with Gasteiger partial charge in [0.15, 0.2) is 11.5 Å². The highest BCUT2D eigenvalue weighted by Crippen LogP contribution is 2.29. The maximum absolute atomic E-state index is 5.41. The van der Waals surface area contributed by atoms with E-state index in [0.29, 0.717) is 23.9 Å². The Morgan fingerprint density at radius 1 is 1.07 bits per heavy atom. The summed E-state index contributed by atoms with van der Waals surface area (Å²) in [4.78, 5) is 18.3. The van der Waals surface area contributed by atoms with Crippen molar-refractivity contribution in [3.63, 3.8) is 0 Å². The van der Waals surface area contributed by atoms with E-state index in [9.17, 15) is 0 Å². The highest BCUT2D eigenvalue weighted by Gasteiger charge is 2.20. The van der Waals surface area contributed by atoms with E-state index in [1.165, 1.54) is 0 Å². The Labute approximate surface area is 162 Å². The number of hydrogen-bond donors (Lipinski definition) is 1. The fraction of sp³-hybridized carbons (Fsp3) is 0.250. The molecular formula is C20H21N7O. The Bertz CT molecular complexity index is 1080. The van der Waals surface area contributed by atoms with E-state index in [0.717, 1.165) is 22.4 Å². The molecule has 142 valence electrons. The van der Waals surface area contributed by atoms with Crippen LogP contribution in [0.5, 0.6) is 0 Å². The predicted octanol–water partition coefficient (Wildman–Crippen LogP) is 2.93. The van der Waals surface area contributed by atoms with E-state index in [2.05, 4.69) is 20.4 Å². The van der Waals surface area contributed by atoms with Crippen molar-refractivity contribution in [3.8, 4) is 11.5 Å². The first-order valence-corrected chi connectivity index (χ1v) is 8.96. The van der Waals surface area contributed by atoms with Gasteiger partial charge in [0.25, 0.3) is 0 Å². The third-order valence-electron chi connectivity index (χ3n) is 4.44. The van der Waals surface area contributed by atoms with E-state index in [-0.39, 0.29) is 6.04 Å². The van der Waals surface area contributed by atoms with Crippen LogP contribution < -0.4 is 5.32 Å². The molecule has 4 rings (SSSR count). The molecule has 0 aliphatic rings. The largest absolute Gasteiger partial charge is 0.382 e. The first kappa shape index (κ1) is 18.0. The zero-order valence-electron chi connectivity index (χ0n) is 16.0. The van der Waals surface area contributed by atoms with Crippen molar-refractivity contribution in [1.29, 1.82) is 0 Å². The van der Waals surface area contributed by atoms with Crippen LogP contribution in [0.3, 0.4) is 0 Å². The summed E-state index contributed by atoms with van der Waals surface area (Å²) < 4.78 is 7.17. The standard InChI is InChI=1S/C20H21N7O/c1-13-17-19(23-16(12-28-3)14-8-4-6-10-21-14)24-18(15-9-5-7-11-22-15)25-20(17)27(2)26-13/h4-11,16H,12H2,1-3H3,(H,23,24,25). The number of hydrogen-bond acceptors (Lipinski definition) is 7. The molecule has 0 fully saturated rings. The Morgan fingerprint density at radius 2 is 1.86 bits per heavy atom. The van der Waals surface area contributed by atoms with Gasteiger partial charge in [-0.1, -0.05) is 12.1 Å². The number of ether oxygens (including phenoxy) is 1. The molecule has 0 aliphatic carbocycles. The van der Waals surface area contributed by atoms with Gasteiger partial charge < -0.3 is 10.1 Å². The smallest absolute Gasteiger partial charge is 0.182 e. The lowest BCUT2D eigenvalue weighted by atomic mass is 10.2. The van der Waals surface area contributed by atoms with Crippen molar-refractivity contribution >= 4 is 16.9 Å². The Morgan fingerprint density at radius 3 is 2.54 bits per heavy atom. The summed E-state index contributed by atoms with van der Waals surface area (Å²) >= 11 is 0. The maximum Gasteiger partial charge on any atom is 0.182 e. The molecule has 0 spiro atoms. The summed E-state index contributed by atoms with van der Waals surface area (Å²) in [5.41, 5.74) is 3.17. The molecule has 1 unspecified atom stereocenters. The van der Waals surface area contributed by atoms with Crippen LogP contribution in [0.25, 0.3) is 22.6 Å². The minimum Gasteiger partial charge on any atom is -0.382 e. The van der Waals surface area contributed by atoms with Gasteiger partial charge in [-0.2, -0.15) is 5.10 Å². The van der Waals surface area contributed by atoms with Crippen LogP contribution in [-0.2, 0) is 11.8 Å². The summed E-state index contributed by atoms with van der Waals surface area (Å²) in [7, 11) is 3.54. The number of nitrogens with one attached hydrogen (secondary N) is 1. The van der Waals surface area contributed by atoms with Gasteiger partial charge in [-0.15, -0.1) is 0 Å². The van der Waals surface area contributed by atoms with Crippen LogP contribution in [0.15, 0.2) is 48.8 Å². The molecule has 4 heterocycles. The molecule has 1 atom stereocenters. The number of methoxy groups -OCH3 is 1. The summed E-state index contributed by atoms with van der Waals surface area (Å²) in [5, 5.41) is 8.88. The van der Waals surface area contributed by atoms with E-state index >= 15 is 0 Å². The lowest BCUT2D eigenvalue weighted by molar-refractivity contribution is 0.185. The van der Waals surface area contributed by atoms with Crippen LogP contribution in [0.4, 0.5) is 5.82 Å². The van der Waals surface area contributed by atoms with Gasteiger partial charge in [-0.25, -0.2) is 9.97 Å². The highest BCUT2D eigenvalue weighted by atomic mass is 16.5. The molecule has 0 saturated carbocycles. The Kier molecular flexibility index (Phi) is 4.94. The molecule has 0 radical (unpaired) electrons.